The SMILES string of the molecule is Cn1cnc(C=O)c1-c1cccc(F)c1. The number of aromatic nitrogens is 2. The van der Waals surface area contributed by atoms with E-state index in [0.29, 0.717) is 23.2 Å². The molecule has 0 saturated carbocycles. The molecule has 2 rings (SSSR count). The van der Waals surface area contributed by atoms with Crippen molar-refractivity contribution in [2.75, 3.05) is 0 Å². The van der Waals surface area contributed by atoms with Crippen LogP contribution in [0.25, 0.3) is 11.3 Å². The summed E-state index contributed by atoms with van der Waals surface area (Å²) in [5.41, 5.74) is 1.60. The van der Waals surface area contributed by atoms with Crippen molar-refractivity contribution in [1.82, 2.24) is 9.55 Å². The molecule has 0 unspecified atom stereocenters. The number of aldehydes is 1. The Morgan fingerprint density at radius 3 is 2.93 bits per heavy atom. The van der Waals surface area contributed by atoms with Crippen LogP contribution >= 0.6 is 0 Å². The molecule has 0 bridgehead atoms. The Hall–Kier alpha value is -1.97. The fourth-order valence-corrected chi connectivity index (χ4v) is 1.52. The normalized spacial score (nSPS) is 10.3. The van der Waals surface area contributed by atoms with Gasteiger partial charge in [-0.3, -0.25) is 4.79 Å². The maximum absolute atomic E-state index is 13.0. The molecule has 2 aromatic rings. The summed E-state index contributed by atoms with van der Waals surface area (Å²) in [6.45, 7) is 0. The Balaban J connectivity index is 2.62. The summed E-state index contributed by atoms with van der Waals surface area (Å²) < 4.78 is 14.7. The van der Waals surface area contributed by atoms with Crippen LogP contribution in [-0.4, -0.2) is 15.8 Å². The van der Waals surface area contributed by atoms with Gasteiger partial charge in [0.1, 0.15) is 11.5 Å². The van der Waals surface area contributed by atoms with Crippen LogP contribution in [0.1, 0.15) is 10.5 Å². The quantitative estimate of drug-likeness (QED) is 0.701. The zero-order chi connectivity index (χ0) is 10.8. The molecule has 0 aliphatic heterocycles. The number of hydrogen-bond donors (Lipinski definition) is 0. The molecule has 0 N–H and O–H groups in total. The van der Waals surface area contributed by atoms with Crippen molar-refractivity contribution < 1.29 is 9.18 Å². The standard InChI is InChI=1S/C11H9FN2O/c1-14-7-13-10(6-15)11(14)8-3-2-4-9(12)5-8/h2-7H,1H3. The second-order valence-corrected chi connectivity index (χ2v) is 3.22. The molecule has 0 fully saturated rings. The van der Waals surface area contributed by atoms with E-state index in [2.05, 4.69) is 4.98 Å². The van der Waals surface area contributed by atoms with Crippen LogP contribution in [0.3, 0.4) is 0 Å². The number of rotatable bonds is 2. The minimum Gasteiger partial charge on any atom is -0.333 e. The number of carbonyl (C=O) groups excluding carboxylic acids is 1. The molecular formula is C11H9FN2O. The van der Waals surface area contributed by atoms with E-state index in [4.69, 9.17) is 0 Å². The lowest BCUT2D eigenvalue weighted by Gasteiger charge is -2.03. The average Bonchev–Trinajstić information content (AvgIpc) is 2.59. The van der Waals surface area contributed by atoms with E-state index in [9.17, 15) is 9.18 Å². The van der Waals surface area contributed by atoms with Crippen molar-refractivity contribution in [3.63, 3.8) is 0 Å². The molecule has 0 aliphatic carbocycles. The highest BCUT2D eigenvalue weighted by molar-refractivity contribution is 5.83. The molecule has 4 heteroatoms. The average molecular weight is 204 g/mol. The minimum absolute atomic E-state index is 0.322. The first-order valence-corrected chi connectivity index (χ1v) is 4.45. The van der Waals surface area contributed by atoms with Gasteiger partial charge in [-0.1, -0.05) is 12.1 Å². The lowest BCUT2D eigenvalue weighted by Crippen LogP contribution is -1.93. The van der Waals surface area contributed by atoms with Crippen molar-refractivity contribution in [1.29, 1.82) is 0 Å². The van der Waals surface area contributed by atoms with Gasteiger partial charge in [0.15, 0.2) is 6.29 Å². The van der Waals surface area contributed by atoms with Gasteiger partial charge in [-0.15, -0.1) is 0 Å². The van der Waals surface area contributed by atoms with Crippen LogP contribution in [0.5, 0.6) is 0 Å². The largest absolute Gasteiger partial charge is 0.333 e. The molecule has 1 heterocycles. The van der Waals surface area contributed by atoms with Gasteiger partial charge in [0, 0.05) is 12.6 Å². The van der Waals surface area contributed by atoms with Gasteiger partial charge in [0.2, 0.25) is 0 Å². The zero-order valence-electron chi connectivity index (χ0n) is 8.14. The molecule has 3 nitrogen and oxygen atoms in total. The number of benzene rings is 1. The predicted molar refractivity (Wildman–Crippen MR) is 54.0 cm³/mol. The number of imidazole rings is 1. The van der Waals surface area contributed by atoms with E-state index in [0.717, 1.165) is 0 Å². The number of halogens is 1. The fourth-order valence-electron chi connectivity index (χ4n) is 1.52. The monoisotopic (exact) mass is 204 g/mol. The fraction of sp³-hybridized carbons (Fsp3) is 0.0909. The van der Waals surface area contributed by atoms with E-state index < -0.39 is 0 Å². The minimum atomic E-state index is -0.328. The zero-order valence-corrected chi connectivity index (χ0v) is 8.14. The van der Waals surface area contributed by atoms with Gasteiger partial charge in [0.25, 0.3) is 0 Å². The van der Waals surface area contributed by atoms with E-state index in [-0.39, 0.29) is 5.82 Å². The van der Waals surface area contributed by atoms with Gasteiger partial charge in [-0.05, 0) is 12.1 Å². The molecule has 0 spiro atoms. The molecule has 1 aromatic carbocycles. The van der Waals surface area contributed by atoms with Crippen LogP contribution in [0, 0.1) is 5.82 Å². The van der Waals surface area contributed by atoms with E-state index in [1.165, 1.54) is 18.5 Å². The second kappa shape index (κ2) is 3.65. The van der Waals surface area contributed by atoms with Gasteiger partial charge >= 0.3 is 0 Å². The second-order valence-electron chi connectivity index (χ2n) is 3.22. The van der Waals surface area contributed by atoms with Crippen LogP contribution < -0.4 is 0 Å². The van der Waals surface area contributed by atoms with Gasteiger partial charge < -0.3 is 4.57 Å². The first-order chi connectivity index (χ1) is 7.22. The molecule has 0 saturated heterocycles. The predicted octanol–water partition coefficient (Wildman–Crippen LogP) is 2.04. The van der Waals surface area contributed by atoms with E-state index in [1.807, 2.05) is 0 Å². The van der Waals surface area contributed by atoms with Gasteiger partial charge in [-0.2, -0.15) is 0 Å². The topological polar surface area (TPSA) is 34.9 Å². The third-order valence-corrected chi connectivity index (χ3v) is 2.18. The number of hydrogen-bond acceptors (Lipinski definition) is 2. The Morgan fingerprint density at radius 1 is 1.47 bits per heavy atom. The highest BCUT2D eigenvalue weighted by Gasteiger charge is 2.10. The Bertz CT molecular complexity index is 505. The number of carbonyl (C=O) groups is 1. The maximum atomic E-state index is 13.0. The molecule has 15 heavy (non-hydrogen) atoms. The van der Waals surface area contributed by atoms with Crippen LogP contribution in [0.2, 0.25) is 0 Å². The molecule has 0 atom stereocenters. The summed E-state index contributed by atoms with van der Waals surface area (Å²) in [6.07, 6.45) is 2.20. The summed E-state index contributed by atoms with van der Waals surface area (Å²) in [5.74, 6) is -0.328. The number of nitrogens with zero attached hydrogens (tertiary/aromatic N) is 2. The lowest BCUT2D eigenvalue weighted by molar-refractivity contribution is 0.112. The molecule has 0 radical (unpaired) electrons. The summed E-state index contributed by atoms with van der Waals surface area (Å²) in [6, 6.07) is 6.09. The van der Waals surface area contributed by atoms with Crippen molar-refractivity contribution in [3.8, 4) is 11.3 Å². The van der Waals surface area contributed by atoms with Crippen molar-refractivity contribution in [2.24, 2.45) is 7.05 Å². The Kier molecular flexibility index (Phi) is 2.33. The Labute approximate surface area is 86.2 Å². The van der Waals surface area contributed by atoms with Gasteiger partial charge in [0.05, 0.1) is 12.0 Å². The summed E-state index contributed by atoms with van der Waals surface area (Å²) >= 11 is 0. The maximum Gasteiger partial charge on any atom is 0.170 e. The third kappa shape index (κ3) is 1.66. The third-order valence-electron chi connectivity index (χ3n) is 2.18. The van der Waals surface area contributed by atoms with Crippen LogP contribution in [0.4, 0.5) is 4.39 Å². The Morgan fingerprint density at radius 2 is 2.27 bits per heavy atom. The molecule has 0 aliphatic rings. The molecule has 0 amide bonds. The van der Waals surface area contributed by atoms with Crippen LogP contribution in [-0.2, 0) is 7.05 Å². The van der Waals surface area contributed by atoms with Crippen molar-refractivity contribution >= 4 is 6.29 Å². The summed E-state index contributed by atoms with van der Waals surface area (Å²) in [5, 5.41) is 0. The first-order valence-electron chi connectivity index (χ1n) is 4.45. The highest BCUT2D eigenvalue weighted by Crippen LogP contribution is 2.21. The highest BCUT2D eigenvalue weighted by atomic mass is 19.1. The smallest absolute Gasteiger partial charge is 0.170 e. The summed E-state index contributed by atoms with van der Waals surface area (Å²) in [7, 11) is 1.76. The molecular weight excluding hydrogens is 195 g/mol. The van der Waals surface area contributed by atoms with Crippen molar-refractivity contribution in [3.05, 3.63) is 42.1 Å². The number of aryl methyl sites for hydroxylation is 1. The summed E-state index contributed by atoms with van der Waals surface area (Å²) in [4.78, 5) is 14.6. The van der Waals surface area contributed by atoms with Crippen LogP contribution in [0.15, 0.2) is 30.6 Å². The van der Waals surface area contributed by atoms with Gasteiger partial charge in [-0.25, -0.2) is 9.37 Å². The molecule has 1 aromatic heterocycles. The van der Waals surface area contributed by atoms with E-state index >= 15 is 0 Å². The van der Waals surface area contributed by atoms with Crippen molar-refractivity contribution in [2.45, 2.75) is 0 Å². The lowest BCUT2D eigenvalue weighted by atomic mass is 10.1. The van der Waals surface area contributed by atoms with E-state index in [1.54, 1.807) is 23.7 Å². The first kappa shape index (κ1) is 9.58. The molecule has 76 valence electrons.